The average Bonchev–Trinajstić information content (AvgIpc) is 2.74. The molecule has 0 spiro atoms. The molecular formula is C24H22BrNO4. The molecule has 30 heavy (non-hydrogen) atoms. The van der Waals surface area contributed by atoms with Crippen molar-refractivity contribution in [2.24, 2.45) is 0 Å². The molecule has 1 N–H and O–H groups in total. The Hall–Kier alpha value is -3.12. The molecule has 0 unspecified atom stereocenters. The minimum absolute atomic E-state index is 0.268. The van der Waals surface area contributed by atoms with E-state index in [1.807, 2.05) is 56.3 Å². The van der Waals surface area contributed by atoms with Crippen LogP contribution < -0.4 is 10.1 Å². The minimum Gasteiger partial charge on any atom is -0.488 e. The molecule has 5 nitrogen and oxygen atoms in total. The van der Waals surface area contributed by atoms with Gasteiger partial charge in [-0.2, -0.15) is 0 Å². The number of carbonyl (C=O) groups excluding carboxylic acids is 2. The number of hydrogen-bond acceptors (Lipinski definition) is 4. The standard InChI is InChI=1S/C24H22BrNO4/c1-16-8-7-9-17(2)23(16)26-22(27)15-30-24(28)19-11-4-6-13-21(19)29-14-18-10-3-5-12-20(18)25/h3-13H,14-15H2,1-2H3,(H,26,27). The zero-order valence-corrected chi connectivity index (χ0v) is 18.4. The largest absolute Gasteiger partial charge is 0.488 e. The quantitative estimate of drug-likeness (QED) is 0.469. The molecule has 0 aromatic heterocycles. The molecule has 154 valence electrons. The monoisotopic (exact) mass is 467 g/mol. The Labute approximate surface area is 184 Å². The van der Waals surface area contributed by atoms with E-state index in [4.69, 9.17) is 9.47 Å². The molecule has 0 fully saturated rings. The van der Waals surface area contributed by atoms with Gasteiger partial charge in [0.05, 0.1) is 0 Å². The number of hydrogen-bond donors (Lipinski definition) is 1. The fraction of sp³-hybridized carbons (Fsp3) is 0.167. The molecule has 3 aromatic rings. The van der Waals surface area contributed by atoms with Gasteiger partial charge in [-0.25, -0.2) is 4.79 Å². The number of halogens is 1. The van der Waals surface area contributed by atoms with Gasteiger partial charge in [-0.15, -0.1) is 0 Å². The second-order valence-electron chi connectivity index (χ2n) is 6.77. The van der Waals surface area contributed by atoms with E-state index in [0.29, 0.717) is 12.4 Å². The Bertz CT molecular complexity index is 1040. The van der Waals surface area contributed by atoms with Crippen LogP contribution >= 0.6 is 15.9 Å². The van der Waals surface area contributed by atoms with Gasteiger partial charge < -0.3 is 14.8 Å². The van der Waals surface area contributed by atoms with Crippen molar-refractivity contribution in [1.82, 2.24) is 0 Å². The van der Waals surface area contributed by atoms with Gasteiger partial charge in [-0.05, 0) is 43.2 Å². The summed E-state index contributed by atoms with van der Waals surface area (Å²) in [4.78, 5) is 24.8. The number of nitrogens with one attached hydrogen (secondary N) is 1. The first-order valence-electron chi connectivity index (χ1n) is 9.44. The number of rotatable bonds is 7. The predicted octanol–water partition coefficient (Wildman–Crippen LogP) is 5.44. The molecule has 0 atom stereocenters. The summed E-state index contributed by atoms with van der Waals surface area (Å²) < 4.78 is 12.0. The van der Waals surface area contributed by atoms with Crippen LogP contribution in [0, 0.1) is 13.8 Å². The molecule has 1 amide bonds. The smallest absolute Gasteiger partial charge is 0.342 e. The summed E-state index contributed by atoms with van der Waals surface area (Å²) in [5.74, 6) is -0.616. The number of esters is 1. The van der Waals surface area contributed by atoms with Crippen molar-refractivity contribution in [2.75, 3.05) is 11.9 Å². The molecule has 0 saturated carbocycles. The van der Waals surface area contributed by atoms with E-state index in [9.17, 15) is 9.59 Å². The highest BCUT2D eigenvalue weighted by molar-refractivity contribution is 9.10. The molecule has 0 aliphatic rings. The third-order valence-corrected chi connectivity index (χ3v) is 5.30. The van der Waals surface area contributed by atoms with E-state index in [-0.39, 0.29) is 12.2 Å². The van der Waals surface area contributed by atoms with Crippen LogP contribution in [0.2, 0.25) is 0 Å². The lowest BCUT2D eigenvalue weighted by atomic mass is 10.1. The Balaban J connectivity index is 1.62. The number of ether oxygens (including phenoxy) is 2. The first kappa shape index (κ1) is 21.6. The molecule has 3 aromatic carbocycles. The molecule has 0 bridgehead atoms. The predicted molar refractivity (Wildman–Crippen MR) is 120 cm³/mol. The topological polar surface area (TPSA) is 64.6 Å². The zero-order valence-electron chi connectivity index (χ0n) is 16.8. The number of para-hydroxylation sites is 2. The lowest BCUT2D eigenvalue weighted by Crippen LogP contribution is -2.22. The van der Waals surface area contributed by atoms with Crippen LogP contribution in [0.25, 0.3) is 0 Å². The molecule has 0 radical (unpaired) electrons. The third kappa shape index (κ3) is 5.48. The van der Waals surface area contributed by atoms with Gasteiger partial charge in [0, 0.05) is 15.7 Å². The number of carbonyl (C=O) groups is 2. The Morgan fingerprint density at radius 2 is 1.57 bits per heavy atom. The van der Waals surface area contributed by atoms with Crippen molar-refractivity contribution in [3.8, 4) is 5.75 Å². The first-order valence-corrected chi connectivity index (χ1v) is 10.2. The van der Waals surface area contributed by atoms with Gasteiger partial charge in [-0.3, -0.25) is 4.79 Å². The Kier molecular flexibility index (Phi) is 7.25. The first-order chi connectivity index (χ1) is 14.5. The van der Waals surface area contributed by atoms with E-state index in [1.165, 1.54) is 0 Å². The highest BCUT2D eigenvalue weighted by Crippen LogP contribution is 2.23. The van der Waals surface area contributed by atoms with Crippen LogP contribution in [0.4, 0.5) is 5.69 Å². The van der Waals surface area contributed by atoms with Crippen LogP contribution in [-0.4, -0.2) is 18.5 Å². The van der Waals surface area contributed by atoms with E-state index < -0.39 is 11.9 Å². The SMILES string of the molecule is Cc1cccc(C)c1NC(=O)COC(=O)c1ccccc1OCc1ccccc1Br. The number of benzene rings is 3. The summed E-state index contributed by atoms with van der Waals surface area (Å²) in [6.07, 6.45) is 0. The average molecular weight is 468 g/mol. The van der Waals surface area contributed by atoms with Crippen molar-refractivity contribution in [1.29, 1.82) is 0 Å². The lowest BCUT2D eigenvalue weighted by molar-refractivity contribution is -0.119. The van der Waals surface area contributed by atoms with Gasteiger partial charge in [0.2, 0.25) is 0 Å². The third-order valence-electron chi connectivity index (χ3n) is 4.53. The van der Waals surface area contributed by atoms with Crippen molar-refractivity contribution < 1.29 is 19.1 Å². The number of anilines is 1. The second kappa shape index (κ2) is 10.1. The van der Waals surface area contributed by atoms with Gasteiger partial charge >= 0.3 is 5.97 Å². The van der Waals surface area contributed by atoms with E-state index in [1.54, 1.807) is 24.3 Å². The summed E-state index contributed by atoms with van der Waals surface area (Å²) in [6, 6.07) is 20.2. The van der Waals surface area contributed by atoms with Crippen LogP contribution in [-0.2, 0) is 16.1 Å². The molecule has 0 aliphatic heterocycles. The zero-order chi connectivity index (χ0) is 21.5. The van der Waals surface area contributed by atoms with Crippen LogP contribution in [0.5, 0.6) is 5.75 Å². The van der Waals surface area contributed by atoms with Gasteiger partial charge in [0.15, 0.2) is 6.61 Å². The van der Waals surface area contributed by atoms with Crippen molar-refractivity contribution in [3.05, 3.63) is 93.5 Å². The summed E-state index contributed by atoms with van der Waals surface area (Å²) in [5, 5.41) is 2.80. The molecular weight excluding hydrogens is 446 g/mol. The normalized spacial score (nSPS) is 10.4. The lowest BCUT2D eigenvalue weighted by Gasteiger charge is -2.13. The van der Waals surface area contributed by atoms with Crippen LogP contribution in [0.3, 0.4) is 0 Å². The Morgan fingerprint density at radius 1 is 0.900 bits per heavy atom. The fourth-order valence-electron chi connectivity index (χ4n) is 2.93. The number of aryl methyl sites for hydroxylation is 2. The van der Waals surface area contributed by atoms with E-state index >= 15 is 0 Å². The summed E-state index contributed by atoms with van der Waals surface area (Å²) in [7, 11) is 0. The van der Waals surface area contributed by atoms with Crippen molar-refractivity contribution in [3.63, 3.8) is 0 Å². The van der Waals surface area contributed by atoms with Crippen molar-refractivity contribution in [2.45, 2.75) is 20.5 Å². The van der Waals surface area contributed by atoms with Crippen molar-refractivity contribution >= 4 is 33.5 Å². The molecule has 0 aliphatic carbocycles. The second-order valence-corrected chi connectivity index (χ2v) is 7.62. The summed E-state index contributed by atoms with van der Waals surface area (Å²) in [5.41, 5.74) is 3.84. The number of amides is 1. The molecule has 3 rings (SSSR count). The highest BCUT2D eigenvalue weighted by Gasteiger charge is 2.16. The maximum Gasteiger partial charge on any atom is 0.342 e. The van der Waals surface area contributed by atoms with E-state index in [0.717, 1.165) is 26.9 Å². The van der Waals surface area contributed by atoms with Crippen LogP contribution in [0.1, 0.15) is 27.0 Å². The van der Waals surface area contributed by atoms with Gasteiger partial charge in [0.1, 0.15) is 17.9 Å². The summed E-state index contributed by atoms with van der Waals surface area (Å²) in [6.45, 7) is 3.73. The maximum atomic E-state index is 12.5. The van der Waals surface area contributed by atoms with E-state index in [2.05, 4.69) is 21.2 Å². The fourth-order valence-corrected chi connectivity index (χ4v) is 3.33. The molecule has 0 saturated heterocycles. The maximum absolute atomic E-state index is 12.5. The van der Waals surface area contributed by atoms with Gasteiger partial charge in [-0.1, -0.05) is 64.5 Å². The van der Waals surface area contributed by atoms with Crippen LogP contribution in [0.15, 0.2) is 71.2 Å². The molecule has 6 heteroatoms. The highest BCUT2D eigenvalue weighted by atomic mass is 79.9. The molecule has 0 heterocycles. The Morgan fingerprint density at radius 3 is 2.30 bits per heavy atom. The summed E-state index contributed by atoms with van der Waals surface area (Å²) >= 11 is 3.48. The minimum atomic E-state index is -0.616. The van der Waals surface area contributed by atoms with Gasteiger partial charge in [0.25, 0.3) is 5.91 Å².